The van der Waals surface area contributed by atoms with Crippen LogP contribution in [-0.2, 0) is 6.54 Å². The zero-order chi connectivity index (χ0) is 17.4. The van der Waals surface area contributed by atoms with E-state index in [-0.39, 0.29) is 12.1 Å². The Balaban J connectivity index is 1.84. The van der Waals surface area contributed by atoms with E-state index in [1.807, 2.05) is 41.0 Å². The molecule has 0 bridgehead atoms. The Hall–Kier alpha value is -3.21. The molecule has 0 aliphatic carbocycles. The third-order valence-corrected chi connectivity index (χ3v) is 4.20. The molecule has 4 aromatic rings. The molecule has 0 N–H and O–H groups in total. The van der Waals surface area contributed by atoms with Crippen LogP contribution in [0.1, 0.15) is 5.56 Å². The van der Waals surface area contributed by atoms with Crippen molar-refractivity contribution in [3.63, 3.8) is 0 Å². The summed E-state index contributed by atoms with van der Waals surface area (Å²) in [7, 11) is 0. The van der Waals surface area contributed by atoms with Crippen molar-refractivity contribution in [2.45, 2.75) is 6.54 Å². The molecule has 0 fully saturated rings. The highest BCUT2D eigenvalue weighted by molar-refractivity contribution is 5.78. The normalized spacial score (nSPS) is 11.1. The molecule has 0 saturated carbocycles. The van der Waals surface area contributed by atoms with E-state index < -0.39 is 11.6 Å². The summed E-state index contributed by atoms with van der Waals surface area (Å²) < 4.78 is 30.5. The topological polar surface area (TPSA) is 26.9 Å². The summed E-state index contributed by atoms with van der Waals surface area (Å²) in [4.78, 5) is 12.3. The van der Waals surface area contributed by atoms with Crippen LogP contribution in [0.2, 0.25) is 0 Å². The molecule has 0 aliphatic heterocycles. The van der Waals surface area contributed by atoms with Crippen LogP contribution in [0, 0.1) is 11.6 Å². The van der Waals surface area contributed by atoms with Gasteiger partial charge in [0.05, 0.1) is 17.6 Å². The molecule has 25 heavy (non-hydrogen) atoms. The summed E-state index contributed by atoms with van der Waals surface area (Å²) in [5, 5.41) is 0. The van der Waals surface area contributed by atoms with Gasteiger partial charge in [0.2, 0.25) is 0 Å². The highest BCUT2D eigenvalue weighted by atomic mass is 19.1. The van der Waals surface area contributed by atoms with Crippen molar-refractivity contribution in [3.05, 3.63) is 100 Å². The van der Waals surface area contributed by atoms with Crippen molar-refractivity contribution in [3.8, 4) is 5.69 Å². The Morgan fingerprint density at radius 1 is 0.840 bits per heavy atom. The largest absolute Gasteiger partial charge is 0.342 e. The van der Waals surface area contributed by atoms with E-state index in [4.69, 9.17) is 0 Å². The van der Waals surface area contributed by atoms with Gasteiger partial charge >= 0.3 is 0 Å². The molecule has 0 unspecified atom stereocenters. The fraction of sp³-hybridized carbons (Fsp3) is 0.0500. The average Bonchev–Trinajstić information content (AvgIpc) is 3.01. The Labute approximate surface area is 142 Å². The minimum atomic E-state index is -0.600. The first-order valence-corrected chi connectivity index (χ1v) is 7.84. The lowest BCUT2D eigenvalue weighted by atomic mass is 10.2. The number of hydrogen-bond acceptors (Lipinski definition) is 1. The lowest BCUT2D eigenvalue weighted by Gasteiger charge is -2.10. The predicted octanol–water partition coefficient (Wildman–Crippen LogP) is 4.12. The van der Waals surface area contributed by atoms with Gasteiger partial charge in [0.15, 0.2) is 0 Å². The van der Waals surface area contributed by atoms with E-state index >= 15 is 0 Å². The molecule has 0 saturated heterocycles. The van der Waals surface area contributed by atoms with Gasteiger partial charge in [-0.15, -0.1) is 0 Å². The number of nitrogens with zero attached hydrogens (tertiary/aromatic N) is 2. The van der Waals surface area contributed by atoms with E-state index in [2.05, 4.69) is 0 Å². The maximum atomic E-state index is 13.9. The summed E-state index contributed by atoms with van der Waals surface area (Å²) >= 11 is 0. The molecule has 3 nitrogen and oxygen atoms in total. The van der Waals surface area contributed by atoms with Crippen molar-refractivity contribution >= 4 is 11.0 Å². The van der Waals surface area contributed by atoms with Crippen molar-refractivity contribution in [1.82, 2.24) is 9.13 Å². The van der Waals surface area contributed by atoms with Gasteiger partial charge in [-0.05, 0) is 30.3 Å². The second-order valence-corrected chi connectivity index (χ2v) is 5.79. The number of fused-ring (bicyclic) bond motifs is 1. The number of hydrogen-bond donors (Lipinski definition) is 0. The molecule has 124 valence electrons. The minimum Gasteiger partial charge on any atom is -0.342 e. The first-order valence-electron chi connectivity index (χ1n) is 7.84. The first-order chi connectivity index (χ1) is 12.1. The molecule has 2 aromatic heterocycles. The molecule has 2 aromatic carbocycles. The van der Waals surface area contributed by atoms with Gasteiger partial charge in [-0.2, -0.15) is 0 Å². The lowest BCUT2D eigenvalue weighted by molar-refractivity contribution is 0.567. The zero-order valence-corrected chi connectivity index (χ0v) is 13.2. The van der Waals surface area contributed by atoms with E-state index in [1.54, 1.807) is 16.8 Å². The SMILES string of the molecule is O=c1ccc2c(ccn2Cc2ccc(F)cc2F)n1-c1ccccc1. The lowest BCUT2D eigenvalue weighted by Crippen LogP contribution is -2.17. The smallest absolute Gasteiger partial charge is 0.255 e. The molecule has 0 radical (unpaired) electrons. The highest BCUT2D eigenvalue weighted by Crippen LogP contribution is 2.20. The zero-order valence-electron chi connectivity index (χ0n) is 13.2. The highest BCUT2D eigenvalue weighted by Gasteiger charge is 2.11. The average molecular weight is 336 g/mol. The van der Waals surface area contributed by atoms with E-state index in [9.17, 15) is 13.6 Å². The summed E-state index contributed by atoms with van der Waals surface area (Å²) in [6.45, 7) is 0.253. The number of aromatic nitrogens is 2. The molecular weight excluding hydrogens is 322 g/mol. The fourth-order valence-corrected chi connectivity index (χ4v) is 3.00. The molecule has 4 rings (SSSR count). The van der Waals surface area contributed by atoms with Crippen LogP contribution in [0.5, 0.6) is 0 Å². The van der Waals surface area contributed by atoms with Crippen LogP contribution in [0.3, 0.4) is 0 Å². The third kappa shape index (κ3) is 2.74. The summed E-state index contributed by atoms with van der Waals surface area (Å²) in [5.74, 6) is -1.19. The summed E-state index contributed by atoms with van der Waals surface area (Å²) in [5.41, 5.74) is 2.55. The van der Waals surface area contributed by atoms with E-state index in [0.717, 1.165) is 22.8 Å². The molecule has 5 heteroatoms. The second kappa shape index (κ2) is 6.02. The van der Waals surface area contributed by atoms with Crippen molar-refractivity contribution in [2.24, 2.45) is 0 Å². The molecule has 2 heterocycles. The second-order valence-electron chi connectivity index (χ2n) is 5.79. The van der Waals surface area contributed by atoms with Crippen molar-refractivity contribution in [2.75, 3.05) is 0 Å². The number of pyridine rings is 1. The van der Waals surface area contributed by atoms with Gasteiger partial charge in [-0.3, -0.25) is 9.36 Å². The number of benzene rings is 2. The van der Waals surface area contributed by atoms with E-state index in [1.165, 1.54) is 18.2 Å². The van der Waals surface area contributed by atoms with Gasteiger partial charge in [0.1, 0.15) is 11.6 Å². The predicted molar refractivity (Wildman–Crippen MR) is 93.0 cm³/mol. The molecule has 0 amide bonds. The van der Waals surface area contributed by atoms with Crippen LogP contribution in [0.15, 0.2) is 77.7 Å². The van der Waals surface area contributed by atoms with Gasteiger partial charge < -0.3 is 4.57 Å². The Morgan fingerprint density at radius 2 is 1.64 bits per heavy atom. The van der Waals surface area contributed by atoms with Crippen molar-refractivity contribution < 1.29 is 8.78 Å². The Bertz CT molecular complexity index is 1110. The maximum Gasteiger partial charge on any atom is 0.255 e. The Morgan fingerprint density at radius 3 is 2.40 bits per heavy atom. The van der Waals surface area contributed by atoms with Crippen LogP contribution in [0.25, 0.3) is 16.7 Å². The Kier molecular flexibility index (Phi) is 3.69. The van der Waals surface area contributed by atoms with Gasteiger partial charge in [0, 0.05) is 29.6 Å². The number of para-hydroxylation sites is 1. The van der Waals surface area contributed by atoms with Crippen LogP contribution >= 0.6 is 0 Å². The number of halogens is 2. The van der Waals surface area contributed by atoms with Crippen LogP contribution in [-0.4, -0.2) is 9.13 Å². The van der Waals surface area contributed by atoms with Crippen molar-refractivity contribution in [1.29, 1.82) is 0 Å². The fourth-order valence-electron chi connectivity index (χ4n) is 3.00. The first kappa shape index (κ1) is 15.3. The summed E-state index contributed by atoms with van der Waals surface area (Å²) in [6.07, 6.45) is 1.80. The molecular formula is C20H14F2N2O. The van der Waals surface area contributed by atoms with E-state index in [0.29, 0.717) is 5.56 Å². The van der Waals surface area contributed by atoms with Gasteiger partial charge in [-0.25, -0.2) is 8.78 Å². The monoisotopic (exact) mass is 336 g/mol. The van der Waals surface area contributed by atoms with Gasteiger partial charge in [0.25, 0.3) is 5.56 Å². The molecule has 0 atom stereocenters. The summed E-state index contributed by atoms with van der Waals surface area (Å²) in [6, 6.07) is 17.9. The quantitative estimate of drug-likeness (QED) is 0.553. The minimum absolute atomic E-state index is 0.135. The number of rotatable bonds is 3. The molecule has 0 spiro atoms. The van der Waals surface area contributed by atoms with Gasteiger partial charge in [-0.1, -0.05) is 24.3 Å². The van der Waals surface area contributed by atoms with Crippen LogP contribution < -0.4 is 5.56 Å². The third-order valence-electron chi connectivity index (χ3n) is 4.20. The van der Waals surface area contributed by atoms with Crippen LogP contribution in [0.4, 0.5) is 8.78 Å². The molecule has 0 aliphatic rings. The maximum absolute atomic E-state index is 13.9. The standard InChI is InChI=1S/C20H14F2N2O/c21-15-7-6-14(17(22)12-15)13-23-11-10-19-18(23)8-9-20(25)24(19)16-4-2-1-3-5-16/h1-12H,13H2.